The Morgan fingerprint density at radius 2 is 1.81 bits per heavy atom. The minimum Gasteiger partial charge on any atom is -0.484 e. The largest absolute Gasteiger partial charge is 0.484 e. The van der Waals surface area contributed by atoms with Gasteiger partial charge < -0.3 is 13.6 Å². The number of oxazole rings is 1. The van der Waals surface area contributed by atoms with Gasteiger partial charge in [-0.15, -0.1) is 10.2 Å². The van der Waals surface area contributed by atoms with Crippen LogP contribution in [0.2, 0.25) is 5.02 Å². The summed E-state index contributed by atoms with van der Waals surface area (Å²) in [5.41, 5.74) is 1.74. The van der Waals surface area contributed by atoms with E-state index in [-0.39, 0.29) is 6.61 Å². The number of halogens is 1. The summed E-state index contributed by atoms with van der Waals surface area (Å²) in [7, 11) is 0. The van der Waals surface area contributed by atoms with E-state index in [9.17, 15) is 0 Å². The van der Waals surface area contributed by atoms with Crippen molar-refractivity contribution in [3.8, 4) is 17.2 Å². The van der Waals surface area contributed by atoms with Crippen molar-refractivity contribution >= 4 is 23.4 Å². The lowest BCUT2D eigenvalue weighted by Gasteiger charge is -2.02. The molecule has 0 radical (unpaired) electrons. The van der Waals surface area contributed by atoms with Gasteiger partial charge in [-0.2, -0.15) is 0 Å². The molecule has 0 aliphatic carbocycles. The molecule has 27 heavy (non-hydrogen) atoms. The van der Waals surface area contributed by atoms with Gasteiger partial charge in [0.05, 0.1) is 5.69 Å². The van der Waals surface area contributed by atoms with Crippen molar-refractivity contribution < 1.29 is 13.6 Å². The lowest BCUT2D eigenvalue weighted by Crippen LogP contribution is -1.95. The predicted octanol–water partition coefficient (Wildman–Crippen LogP) is 5.25. The normalized spacial score (nSPS) is 10.9. The summed E-state index contributed by atoms with van der Waals surface area (Å²) in [5, 5.41) is 9.10. The minimum absolute atomic E-state index is 0.192. The van der Waals surface area contributed by atoms with Gasteiger partial charge in [-0.05, 0) is 36.4 Å². The molecule has 0 saturated carbocycles. The van der Waals surface area contributed by atoms with Gasteiger partial charge >= 0.3 is 0 Å². The highest BCUT2D eigenvalue weighted by Crippen LogP contribution is 2.24. The van der Waals surface area contributed by atoms with Crippen LogP contribution in [0.1, 0.15) is 11.6 Å². The third kappa shape index (κ3) is 4.69. The fourth-order valence-corrected chi connectivity index (χ4v) is 3.04. The van der Waals surface area contributed by atoms with Gasteiger partial charge in [-0.1, -0.05) is 41.6 Å². The number of hydrogen-bond donors (Lipinski definition) is 0. The number of thioether (sulfide) groups is 1. The molecular formula is C19H14ClN3O3S. The summed E-state index contributed by atoms with van der Waals surface area (Å²) >= 11 is 7.23. The molecule has 0 aliphatic heterocycles. The van der Waals surface area contributed by atoms with Crippen LogP contribution in [0.5, 0.6) is 5.75 Å². The molecule has 0 aliphatic rings. The second kappa shape index (κ2) is 8.28. The minimum atomic E-state index is 0.192. The molecule has 2 aromatic carbocycles. The number of aromatic nitrogens is 3. The Bertz CT molecular complexity index is 1000. The highest BCUT2D eigenvalue weighted by Gasteiger charge is 2.11. The molecule has 0 fully saturated rings. The van der Waals surface area contributed by atoms with Crippen molar-refractivity contribution in [3.05, 3.63) is 77.5 Å². The number of rotatable bonds is 7. The first-order chi connectivity index (χ1) is 13.3. The third-order valence-electron chi connectivity index (χ3n) is 3.54. The van der Waals surface area contributed by atoms with Crippen LogP contribution in [-0.4, -0.2) is 15.2 Å². The van der Waals surface area contributed by atoms with Gasteiger partial charge in [0.25, 0.3) is 11.1 Å². The van der Waals surface area contributed by atoms with Crippen LogP contribution in [0, 0.1) is 0 Å². The van der Waals surface area contributed by atoms with E-state index >= 15 is 0 Å². The van der Waals surface area contributed by atoms with E-state index in [0.29, 0.717) is 33.5 Å². The molecule has 2 heterocycles. The van der Waals surface area contributed by atoms with Gasteiger partial charge in [-0.25, -0.2) is 4.98 Å². The Labute approximate surface area is 164 Å². The average molecular weight is 400 g/mol. The number of nitrogens with zero attached hydrogens (tertiary/aromatic N) is 3. The maximum absolute atomic E-state index is 5.84. The summed E-state index contributed by atoms with van der Waals surface area (Å²) in [6.45, 7) is 0.192. The maximum atomic E-state index is 5.84. The zero-order valence-corrected chi connectivity index (χ0v) is 15.6. The topological polar surface area (TPSA) is 74.2 Å². The molecule has 0 N–H and O–H groups in total. The summed E-state index contributed by atoms with van der Waals surface area (Å²) < 4.78 is 16.7. The Hall–Kier alpha value is -2.77. The average Bonchev–Trinajstić information content (AvgIpc) is 3.36. The molecule has 4 aromatic rings. The summed E-state index contributed by atoms with van der Waals surface area (Å²) in [5.74, 6) is 2.24. The molecule has 136 valence electrons. The lowest BCUT2D eigenvalue weighted by molar-refractivity contribution is 0.252. The van der Waals surface area contributed by atoms with Crippen LogP contribution >= 0.6 is 23.4 Å². The van der Waals surface area contributed by atoms with Crippen molar-refractivity contribution in [2.45, 2.75) is 17.6 Å². The van der Waals surface area contributed by atoms with E-state index in [1.165, 1.54) is 11.8 Å². The van der Waals surface area contributed by atoms with E-state index in [4.69, 9.17) is 25.2 Å². The quantitative estimate of drug-likeness (QED) is 0.393. The fraction of sp³-hybridized carbons (Fsp3) is 0.105. The van der Waals surface area contributed by atoms with Gasteiger partial charge in [0.1, 0.15) is 12.0 Å². The number of benzene rings is 2. The van der Waals surface area contributed by atoms with Crippen LogP contribution in [0.15, 0.2) is 74.9 Å². The monoisotopic (exact) mass is 399 g/mol. The zero-order chi connectivity index (χ0) is 18.5. The van der Waals surface area contributed by atoms with Crippen LogP contribution < -0.4 is 4.74 Å². The van der Waals surface area contributed by atoms with Gasteiger partial charge in [-0.3, -0.25) is 0 Å². The molecule has 6 nitrogen and oxygen atoms in total. The van der Waals surface area contributed by atoms with E-state index in [0.717, 1.165) is 11.3 Å². The van der Waals surface area contributed by atoms with Crippen LogP contribution in [0.3, 0.4) is 0 Å². The van der Waals surface area contributed by atoms with E-state index in [2.05, 4.69) is 15.2 Å². The van der Waals surface area contributed by atoms with Gasteiger partial charge in [0.2, 0.25) is 5.89 Å². The van der Waals surface area contributed by atoms with Crippen molar-refractivity contribution in [2.24, 2.45) is 0 Å². The lowest BCUT2D eigenvalue weighted by atomic mass is 10.2. The first-order valence-electron chi connectivity index (χ1n) is 8.09. The van der Waals surface area contributed by atoms with E-state index in [1.54, 1.807) is 30.5 Å². The van der Waals surface area contributed by atoms with E-state index < -0.39 is 0 Å². The standard InChI is InChI=1S/C19H14ClN3O3S/c20-14-6-8-16(9-7-14)24-11-17-22-23-19(26-17)27-12-15-10-25-18(21-15)13-4-2-1-3-5-13/h1-10H,11-12H2. The fourth-order valence-electron chi connectivity index (χ4n) is 2.25. The molecule has 4 rings (SSSR count). The first-order valence-corrected chi connectivity index (χ1v) is 9.46. The maximum Gasteiger partial charge on any atom is 0.277 e. The van der Waals surface area contributed by atoms with Gasteiger partial charge in [0.15, 0.2) is 6.61 Å². The highest BCUT2D eigenvalue weighted by molar-refractivity contribution is 7.98. The van der Waals surface area contributed by atoms with Crippen molar-refractivity contribution in [1.82, 2.24) is 15.2 Å². The Balaban J connectivity index is 1.31. The highest BCUT2D eigenvalue weighted by atomic mass is 35.5. The molecular weight excluding hydrogens is 386 g/mol. The summed E-state index contributed by atoms with van der Waals surface area (Å²) in [4.78, 5) is 4.47. The Morgan fingerprint density at radius 1 is 1.00 bits per heavy atom. The molecule has 0 bridgehead atoms. The SMILES string of the molecule is Clc1ccc(OCc2nnc(SCc3coc(-c4ccccc4)n3)o2)cc1. The van der Waals surface area contributed by atoms with Crippen molar-refractivity contribution in [3.63, 3.8) is 0 Å². The second-order valence-corrected chi connectivity index (χ2v) is 6.87. The first kappa shape index (κ1) is 17.6. The summed E-state index contributed by atoms with van der Waals surface area (Å²) in [6, 6.07) is 16.8. The van der Waals surface area contributed by atoms with Crippen molar-refractivity contribution in [1.29, 1.82) is 0 Å². The number of hydrogen-bond acceptors (Lipinski definition) is 7. The Morgan fingerprint density at radius 3 is 2.63 bits per heavy atom. The molecule has 0 unspecified atom stereocenters. The zero-order valence-electron chi connectivity index (χ0n) is 14.0. The van der Waals surface area contributed by atoms with Crippen LogP contribution in [0.25, 0.3) is 11.5 Å². The third-order valence-corrected chi connectivity index (χ3v) is 4.64. The smallest absolute Gasteiger partial charge is 0.277 e. The summed E-state index contributed by atoms with van der Waals surface area (Å²) in [6.07, 6.45) is 1.64. The molecule has 0 spiro atoms. The second-order valence-electron chi connectivity index (χ2n) is 5.50. The Kier molecular flexibility index (Phi) is 5.41. The van der Waals surface area contributed by atoms with Crippen LogP contribution in [0.4, 0.5) is 0 Å². The molecule has 8 heteroatoms. The molecule has 0 amide bonds. The number of ether oxygens (including phenoxy) is 1. The van der Waals surface area contributed by atoms with E-state index in [1.807, 2.05) is 30.3 Å². The predicted molar refractivity (Wildman–Crippen MR) is 102 cm³/mol. The molecule has 0 saturated heterocycles. The molecule has 0 atom stereocenters. The van der Waals surface area contributed by atoms with Crippen molar-refractivity contribution in [2.75, 3.05) is 0 Å². The molecule has 2 aromatic heterocycles. The van der Waals surface area contributed by atoms with Gasteiger partial charge in [0, 0.05) is 16.3 Å². The van der Waals surface area contributed by atoms with Crippen LogP contribution in [-0.2, 0) is 12.4 Å².